The van der Waals surface area contributed by atoms with Crippen molar-refractivity contribution >= 4 is 6.09 Å². The molecular weight excluding hydrogens is 206 g/mol. The molecule has 1 aliphatic rings. The van der Waals surface area contributed by atoms with E-state index in [1.807, 2.05) is 27.7 Å². The first-order valence-corrected chi connectivity index (χ1v) is 5.94. The first-order valence-electron chi connectivity index (χ1n) is 5.94. The predicted octanol–water partition coefficient (Wildman–Crippen LogP) is 2.01. The zero-order chi connectivity index (χ0) is 12.3. The first-order chi connectivity index (χ1) is 7.33. The van der Waals surface area contributed by atoms with Crippen molar-refractivity contribution in [3.8, 4) is 0 Å². The predicted molar refractivity (Wildman–Crippen MR) is 62.2 cm³/mol. The Morgan fingerprint density at radius 1 is 1.50 bits per heavy atom. The Bertz CT molecular complexity index is 247. The minimum Gasteiger partial charge on any atom is -0.444 e. The van der Waals surface area contributed by atoms with E-state index < -0.39 is 5.60 Å². The van der Waals surface area contributed by atoms with Crippen LogP contribution in [0.5, 0.6) is 0 Å². The van der Waals surface area contributed by atoms with E-state index in [9.17, 15) is 4.79 Å². The molecule has 1 N–H and O–H groups in total. The maximum Gasteiger partial charge on any atom is 0.410 e. The van der Waals surface area contributed by atoms with Gasteiger partial charge in [0.25, 0.3) is 0 Å². The fraction of sp³-hybridized carbons (Fsp3) is 0.917. The number of carbonyl (C=O) groups excluding carboxylic acids is 1. The standard InChI is InChI=1S/C12H23NO3/c1-9-7-10(8-14)5-6-13(9)11(15)16-12(2,3)4/h9-10,14H,5-8H2,1-4H3/t9-,10-/m1/s1. The number of likely N-dealkylation sites (tertiary alicyclic amines) is 1. The van der Waals surface area contributed by atoms with E-state index in [1.165, 1.54) is 0 Å². The molecular formula is C12H23NO3. The molecule has 1 aliphatic heterocycles. The summed E-state index contributed by atoms with van der Waals surface area (Å²) < 4.78 is 5.34. The van der Waals surface area contributed by atoms with E-state index in [0.717, 1.165) is 12.8 Å². The second-order valence-corrected chi connectivity index (χ2v) is 5.60. The molecule has 0 bridgehead atoms. The molecule has 1 saturated heterocycles. The zero-order valence-electron chi connectivity index (χ0n) is 10.7. The van der Waals surface area contributed by atoms with Crippen molar-refractivity contribution < 1.29 is 14.6 Å². The van der Waals surface area contributed by atoms with Crippen LogP contribution in [0, 0.1) is 5.92 Å². The van der Waals surface area contributed by atoms with Gasteiger partial charge in [-0.3, -0.25) is 0 Å². The lowest BCUT2D eigenvalue weighted by Crippen LogP contribution is -2.47. The van der Waals surface area contributed by atoms with E-state index in [1.54, 1.807) is 4.90 Å². The van der Waals surface area contributed by atoms with Gasteiger partial charge in [0, 0.05) is 19.2 Å². The summed E-state index contributed by atoms with van der Waals surface area (Å²) in [7, 11) is 0. The van der Waals surface area contributed by atoms with Gasteiger partial charge >= 0.3 is 6.09 Å². The zero-order valence-corrected chi connectivity index (χ0v) is 10.7. The van der Waals surface area contributed by atoms with Gasteiger partial charge in [-0.25, -0.2) is 4.79 Å². The SMILES string of the molecule is C[C@@H]1C[C@H](CO)CCN1C(=O)OC(C)(C)C. The van der Waals surface area contributed by atoms with Gasteiger partial charge in [0.05, 0.1) is 0 Å². The molecule has 0 aliphatic carbocycles. The average Bonchev–Trinajstić information content (AvgIpc) is 2.14. The van der Waals surface area contributed by atoms with Crippen LogP contribution in [0.25, 0.3) is 0 Å². The summed E-state index contributed by atoms with van der Waals surface area (Å²) in [5.41, 5.74) is -0.440. The van der Waals surface area contributed by atoms with Crippen molar-refractivity contribution in [3.05, 3.63) is 0 Å². The van der Waals surface area contributed by atoms with E-state index in [-0.39, 0.29) is 18.7 Å². The summed E-state index contributed by atoms with van der Waals surface area (Å²) in [4.78, 5) is 13.6. The molecule has 0 radical (unpaired) electrons. The van der Waals surface area contributed by atoms with Crippen molar-refractivity contribution in [1.29, 1.82) is 0 Å². The van der Waals surface area contributed by atoms with Crippen LogP contribution in [-0.4, -0.2) is 40.9 Å². The number of aliphatic hydroxyl groups excluding tert-OH is 1. The highest BCUT2D eigenvalue weighted by molar-refractivity contribution is 5.68. The summed E-state index contributed by atoms with van der Waals surface area (Å²) in [6.07, 6.45) is 1.48. The van der Waals surface area contributed by atoms with Crippen LogP contribution in [0.3, 0.4) is 0 Å². The lowest BCUT2D eigenvalue weighted by Gasteiger charge is -2.37. The number of hydrogen-bond donors (Lipinski definition) is 1. The molecule has 0 aromatic carbocycles. The molecule has 16 heavy (non-hydrogen) atoms. The largest absolute Gasteiger partial charge is 0.444 e. The lowest BCUT2D eigenvalue weighted by molar-refractivity contribution is 0.00358. The van der Waals surface area contributed by atoms with Gasteiger partial charge < -0.3 is 14.7 Å². The van der Waals surface area contributed by atoms with Crippen molar-refractivity contribution in [2.24, 2.45) is 5.92 Å². The molecule has 0 spiro atoms. The Balaban J connectivity index is 2.52. The van der Waals surface area contributed by atoms with Gasteiger partial charge in [0.15, 0.2) is 0 Å². The molecule has 4 nitrogen and oxygen atoms in total. The average molecular weight is 229 g/mol. The Hall–Kier alpha value is -0.770. The topological polar surface area (TPSA) is 49.8 Å². The van der Waals surface area contributed by atoms with Crippen molar-refractivity contribution in [2.45, 2.75) is 52.2 Å². The number of aliphatic hydroxyl groups is 1. The van der Waals surface area contributed by atoms with Gasteiger partial charge in [-0.05, 0) is 46.5 Å². The van der Waals surface area contributed by atoms with E-state index >= 15 is 0 Å². The summed E-state index contributed by atoms with van der Waals surface area (Å²) in [5.74, 6) is 0.327. The molecule has 0 aromatic heterocycles. The molecule has 94 valence electrons. The Morgan fingerprint density at radius 2 is 2.12 bits per heavy atom. The molecule has 2 atom stereocenters. The summed E-state index contributed by atoms with van der Waals surface area (Å²) >= 11 is 0. The fourth-order valence-corrected chi connectivity index (χ4v) is 2.03. The number of rotatable bonds is 1. The molecule has 4 heteroatoms. The van der Waals surface area contributed by atoms with E-state index in [2.05, 4.69) is 0 Å². The summed E-state index contributed by atoms with van der Waals surface area (Å²) in [6, 6.07) is 0.153. The highest BCUT2D eigenvalue weighted by atomic mass is 16.6. The molecule has 1 amide bonds. The molecule has 0 aromatic rings. The maximum atomic E-state index is 11.9. The van der Waals surface area contributed by atoms with Crippen LogP contribution >= 0.6 is 0 Å². The van der Waals surface area contributed by atoms with Gasteiger partial charge in [-0.1, -0.05) is 0 Å². The highest BCUT2D eigenvalue weighted by Gasteiger charge is 2.31. The Labute approximate surface area is 97.6 Å². The van der Waals surface area contributed by atoms with Gasteiger partial charge in [-0.15, -0.1) is 0 Å². The number of ether oxygens (including phenoxy) is 1. The van der Waals surface area contributed by atoms with Crippen LogP contribution in [0.2, 0.25) is 0 Å². The molecule has 0 saturated carbocycles. The number of nitrogens with zero attached hydrogens (tertiary/aromatic N) is 1. The quantitative estimate of drug-likeness (QED) is 0.748. The highest BCUT2D eigenvalue weighted by Crippen LogP contribution is 2.24. The minimum absolute atomic E-state index is 0.153. The summed E-state index contributed by atoms with van der Waals surface area (Å²) in [5, 5.41) is 9.09. The van der Waals surface area contributed by atoms with E-state index in [0.29, 0.717) is 12.5 Å². The Morgan fingerprint density at radius 3 is 2.56 bits per heavy atom. The number of amides is 1. The third kappa shape index (κ3) is 3.67. The first kappa shape index (κ1) is 13.3. The summed E-state index contributed by atoms with van der Waals surface area (Å²) in [6.45, 7) is 8.52. The van der Waals surface area contributed by atoms with Crippen molar-refractivity contribution in [2.75, 3.05) is 13.2 Å². The Kier molecular flexibility index (Phi) is 4.19. The third-order valence-electron chi connectivity index (χ3n) is 2.87. The van der Waals surface area contributed by atoms with Gasteiger partial charge in [0.2, 0.25) is 0 Å². The number of hydrogen-bond acceptors (Lipinski definition) is 3. The van der Waals surface area contributed by atoms with Crippen LogP contribution in [0.1, 0.15) is 40.5 Å². The van der Waals surface area contributed by atoms with Crippen LogP contribution in [0.15, 0.2) is 0 Å². The van der Waals surface area contributed by atoms with Gasteiger partial charge in [-0.2, -0.15) is 0 Å². The fourth-order valence-electron chi connectivity index (χ4n) is 2.03. The van der Waals surface area contributed by atoms with Crippen LogP contribution in [0.4, 0.5) is 4.79 Å². The molecule has 1 fully saturated rings. The second-order valence-electron chi connectivity index (χ2n) is 5.60. The van der Waals surface area contributed by atoms with Crippen molar-refractivity contribution in [3.63, 3.8) is 0 Å². The van der Waals surface area contributed by atoms with E-state index in [4.69, 9.17) is 9.84 Å². The smallest absolute Gasteiger partial charge is 0.410 e. The molecule has 1 rings (SSSR count). The lowest BCUT2D eigenvalue weighted by atomic mass is 9.93. The third-order valence-corrected chi connectivity index (χ3v) is 2.87. The van der Waals surface area contributed by atoms with Crippen molar-refractivity contribution in [1.82, 2.24) is 4.90 Å². The monoisotopic (exact) mass is 229 g/mol. The normalized spacial score (nSPS) is 26.7. The number of piperidine rings is 1. The minimum atomic E-state index is -0.440. The maximum absolute atomic E-state index is 11.9. The van der Waals surface area contributed by atoms with Gasteiger partial charge in [0.1, 0.15) is 5.60 Å². The second kappa shape index (κ2) is 5.04. The molecule has 0 unspecified atom stereocenters. The number of carbonyl (C=O) groups is 1. The van der Waals surface area contributed by atoms with Crippen LogP contribution < -0.4 is 0 Å². The van der Waals surface area contributed by atoms with Crippen LogP contribution in [-0.2, 0) is 4.74 Å². The molecule has 1 heterocycles.